The first-order chi connectivity index (χ1) is 5.40. The summed E-state index contributed by atoms with van der Waals surface area (Å²) in [5, 5.41) is 0. The Balaban J connectivity index is 4.38. The van der Waals surface area contributed by atoms with Gasteiger partial charge in [-0.25, -0.2) is 13.6 Å². The van der Waals surface area contributed by atoms with Gasteiger partial charge in [-0.1, -0.05) is 0 Å². The van der Waals surface area contributed by atoms with E-state index in [1.54, 1.807) is 0 Å². The van der Waals surface area contributed by atoms with Crippen LogP contribution in [0.25, 0.3) is 0 Å². The van der Waals surface area contributed by atoms with Gasteiger partial charge in [-0.05, 0) is 5.92 Å². The van der Waals surface area contributed by atoms with Crippen LogP contribution in [-0.4, -0.2) is 25.4 Å². The van der Waals surface area contributed by atoms with Crippen molar-refractivity contribution in [3.05, 3.63) is 0 Å². The number of rotatable bonds is 1. The quantitative estimate of drug-likeness (QED) is 0.263. The van der Waals surface area contributed by atoms with E-state index in [0.717, 1.165) is 13.0 Å². The van der Waals surface area contributed by atoms with Gasteiger partial charge in [0.05, 0.1) is 7.11 Å². The first-order valence-corrected chi connectivity index (χ1v) is 2.67. The molecule has 0 unspecified atom stereocenters. The molecular weight excluding hydrogens is 180 g/mol. The number of esters is 1. The lowest BCUT2D eigenvalue weighted by molar-refractivity contribution is -0.134. The summed E-state index contributed by atoms with van der Waals surface area (Å²) in [5.41, 5.74) is 0. The molecule has 0 radical (unpaired) electrons. The molecule has 0 amide bonds. The fourth-order valence-corrected chi connectivity index (χ4v) is 0.240. The smallest absolute Gasteiger partial charge is 0.384 e. The van der Waals surface area contributed by atoms with Crippen molar-refractivity contribution in [1.29, 1.82) is 0 Å². The lowest BCUT2D eigenvalue weighted by atomic mass is 10.3. The molecule has 0 saturated carbocycles. The van der Waals surface area contributed by atoms with Crippen LogP contribution in [0.1, 0.15) is 0 Å². The molecule has 0 heterocycles. The summed E-state index contributed by atoms with van der Waals surface area (Å²) in [4.78, 5) is 10.1. The summed E-state index contributed by atoms with van der Waals surface area (Å²) >= 11 is 0. The number of carbonyl (C=O) groups excluding carboxylic acids is 1. The normalized spacial score (nSPS) is 10.5. The zero-order valence-corrected chi connectivity index (χ0v) is 5.91. The highest BCUT2D eigenvalue weighted by atomic mass is 19.3. The summed E-state index contributed by atoms with van der Waals surface area (Å²) < 4.78 is 50.4. The number of alkyl halides is 4. The first-order valence-electron chi connectivity index (χ1n) is 2.67. The molecule has 0 rings (SSSR count). The molecule has 0 aliphatic carbocycles. The molecule has 0 aromatic carbocycles. The van der Waals surface area contributed by atoms with Gasteiger partial charge in [-0.15, -0.1) is 0 Å². The Labute approximate surface area is 65.5 Å². The molecule has 6 heteroatoms. The molecule has 0 aromatic heterocycles. The molecule has 0 N–H and O–H groups in total. The predicted molar refractivity (Wildman–Crippen MR) is 30.7 cm³/mol. The third kappa shape index (κ3) is 3.23. The van der Waals surface area contributed by atoms with Crippen LogP contribution < -0.4 is 0 Å². The average Bonchev–Trinajstić information content (AvgIpc) is 2.00. The highest BCUT2D eigenvalue weighted by molar-refractivity contribution is 5.88. The number of ether oxygens (including phenoxy) is 1. The first kappa shape index (κ1) is 10.8. The summed E-state index contributed by atoms with van der Waals surface area (Å²) in [6, 6.07) is 0. The Morgan fingerprint density at radius 2 is 2.00 bits per heavy atom. The Morgan fingerprint density at radius 3 is 2.33 bits per heavy atom. The molecule has 0 aromatic rings. The van der Waals surface area contributed by atoms with Crippen LogP contribution in [0, 0.1) is 11.8 Å². The van der Waals surface area contributed by atoms with Crippen molar-refractivity contribution in [3.63, 3.8) is 0 Å². The Hall–Kier alpha value is -1.25. The van der Waals surface area contributed by atoms with Gasteiger partial charge < -0.3 is 4.74 Å². The molecule has 0 fully saturated rings. The van der Waals surface area contributed by atoms with Crippen LogP contribution in [0.3, 0.4) is 0 Å². The summed E-state index contributed by atoms with van der Waals surface area (Å²) in [6.45, 7) is 0. The number of hydrogen-bond donors (Lipinski definition) is 0. The maximum absolute atomic E-state index is 11.9. The van der Waals surface area contributed by atoms with Crippen molar-refractivity contribution >= 4 is 5.97 Å². The summed E-state index contributed by atoms with van der Waals surface area (Å²) in [6.07, 6.45) is -3.91. The van der Waals surface area contributed by atoms with E-state index < -0.39 is 18.3 Å². The van der Waals surface area contributed by atoms with Crippen molar-refractivity contribution in [2.45, 2.75) is 12.3 Å². The minimum absolute atomic E-state index is 0.801. The molecule has 0 aliphatic rings. The van der Waals surface area contributed by atoms with Crippen LogP contribution in [-0.2, 0) is 9.53 Å². The Kier molecular flexibility index (Phi) is 3.54. The van der Waals surface area contributed by atoms with Gasteiger partial charge in [0.1, 0.15) is 0 Å². The lowest BCUT2D eigenvalue weighted by Gasteiger charge is -2.05. The third-order valence-corrected chi connectivity index (χ3v) is 0.791. The summed E-state index contributed by atoms with van der Waals surface area (Å²) in [7, 11) is 0.900. The van der Waals surface area contributed by atoms with E-state index in [-0.39, 0.29) is 0 Å². The summed E-state index contributed by atoms with van der Waals surface area (Å²) in [5.74, 6) is -3.73. The molecule has 0 bridgehead atoms. The number of halogens is 4. The van der Waals surface area contributed by atoms with Crippen LogP contribution >= 0.6 is 0 Å². The SMILES string of the molecule is COC(=O)C#CC(F)(F)C(F)F. The van der Waals surface area contributed by atoms with Crippen molar-refractivity contribution in [3.8, 4) is 11.8 Å². The van der Waals surface area contributed by atoms with Gasteiger partial charge in [-0.3, -0.25) is 0 Å². The minimum Gasteiger partial charge on any atom is -0.459 e. The fourth-order valence-electron chi connectivity index (χ4n) is 0.240. The number of hydrogen-bond acceptors (Lipinski definition) is 2. The molecule has 12 heavy (non-hydrogen) atoms. The predicted octanol–water partition coefficient (Wildman–Crippen LogP) is 1.06. The van der Waals surface area contributed by atoms with E-state index in [0.29, 0.717) is 0 Å². The third-order valence-electron chi connectivity index (χ3n) is 0.791. The largest absolute Gasteiger partial charge is 0.459 e. The van der Waals surface area contributed by atoms with Crippen LogP contribution in [0.15, 0.2) is 0 Å². The second kappa shape index (κ2) is 3.95. The molecular formula is C6H4F4O2. The standard InChI is InChI=1S/C6H4F4O2/c1-12-4(11)2-3-6(9,10)5(7)8/h5H,1H3. The van der Waals surface area contributed by atoms with Gasteiger partial charge in [0.15, 0.2) is 0 Å². The van der Waals surface area contributed by atoms with Gasteiger partial charge in [-0.2, -0.15) is 8.78 Å². The van der Waals surface area contributed by atoms with Crippen molar-refractivity contribution in [2.75, 3.05) is 7.11 Å². The number of carbonyl (C=O) groups is 1. The fraction of sp³-hybridized carbons (Fsp3) is 0.500. The molecule has 0 saturated heterocycles. The van der Waals surface area contributed by atoms with E-state index in [2.05, 4.69) is 4.74 Å². The highest BCUT2D eigenvalue weighted by Crippen LogP contribution is 2.20. The van der Waals surface area contributed by atoms with E-state index in [1.165, 1.54) is 5.92 Å². The van der Waals surface area contributed by atoms with E-state index in [9.17, 15) is 22.4 Å². The van der Waals surface area contributed by atoms with Gasteiger partial charge in [0.25, 0.3) is 0 Å². The molecule has 0 spiro atoms. The minimum atomic E-state index is -4.46. The van der Waals surface area contributed by atoms with Gasteiger partial charge in [0, 0.05) is 5.92 Å². The highest BCUT2D eigenvalue weighted by Gasteiger charge is 2.38. The lowest BCUT2D eigenvalue weighted by Crippen LogP contribution is -2.24. The molecule has 2 nitrogen and oxygen atoms in total. The Morgan fingerprint density at radius 1 is 1.50 bits per heavy atom. The van der Waals surface area contributed by atoms with Crippen LogP contribution in [0.2, 0.25) is 0 Å². The maximum Gasteiger partial charge on any atom is 0.384 e. The zero-order chi connectivity index (χ0) is 9.78. The second-order valence-corrected chi connectivity index (χ2v) is 1.67. The van der Waals surface area contributed by atoms with Crippen LogP contribution in [0.5, 0.6) is 0 Å². The zero-order valence-electron chi connectivity index (χ0n) is 5.91. The van der Waals surface area contributed by atoms with Gasteiger partial charge in [0.2, 0.25) is 0 Å². The second-order valence-electron chi connectivity index (χ2n) is 1.67. The topological polar surface area (TPSA) is 26.3 Å². The van der Waals surface area contributed by atoms with E-state index in [1.807, 2.05) is 0 Å². The monoisotopic (exact) mass is 184 g/mol. The van der Waals surface area contributed by atoms with Crippen molar-refractivity contribution in [1.82, 2.24) is 0 Å². The Bertz CT molecular complexity index is 225. The van der Waals surface area contributed by atoms with Crippen LogP contribution in [0.4, 0.5) is 17.6 Å². The number of methoxy groups -OCH3 is 1. The molecule has 0 aliphatic heterocycles. The maximum atomic E-state index is 11.9. The van der Waals surface area contributed by atoms with Crippen molar-refractivity contribution < 1.29 is 27.1 Å². The van der Waals surface area contributed by atoms with Crippen molar-refractivity contribution in [2.24, 2.45) is 0 Å². The van der Waals surface area contributed by atoms with E-state index in [4.69, 9.17) is 0 Å². The molecule has 68 valence electrons. The van der Waals surface area contributed by atoms with E-state index >= 15 is 0 Å². The van der Waals surface area contributed by atoms with Gasteiger partial charge >= 0.3 is 18.3 Å². The average molecular weight is 184 g/mol. The molecule has 0 atom stereocenters.